The van der Waals surface area contributed by atoms with Gasteiger partial charge in [-0.15, -0.1) is 0 Å². The second kappa shape index (κ2) is 5.85. The lowest BCUT2D eigenvalue weighted by atomic mass is 10.2. The van der Waals surface area contributed by atoms with Crippen molar-refractivity contribution in [3.63, 3.8) is 0 Å². The van der Waals surface area contributed by atoms with Gasteiger partial charge in [-0.25, -0.2) is 9.97 Å². The van der Waals surface area contributed by atoms with Crippen molar-refractivity contribution in [3.05, 3.63) is 24.3 Å². The van der Waals surface area contributed by atoms with Crippen LogP contribution in [0.3, 0.4) is 0 Å². The SMILES string of the molecule is CC(C)CN1CCN(c2nc3ccccc3nc2N)CC1. The van der Waals surface area contributed by atoms with Crippen LogP contribution in [0.4, 0.5) is 11.6 Å². The van der Waals surface area contributed by atoms with Gasteiger partial charge in [0.05, 0.1) is 11.0 Å². The number of rotatable bonds is 3. The molecule has 5 heteroatoms. The number of hydrogen-bond acceptors (Lipinski definition) is 5. The van der Waals surface area contributed by atoms with E-state index in [1.807, 2.05) is 24.3 Å². The van der Waals surface area contributed by atoms with E-state index in [4.69, 9.17) is 10.7 Å². The molecular weight excluding hydrogens is 262 g/mol. The number of anilines is 2. The van der Waals surface area contributed by atoms with E-state index < -0.39 is 0 Å². The monoisotopic (exact) mass is 285 g/mol. The Morgan fingerprint density at radius 2 is 1.67 bits per heavy atom. The molecule has 0 aliphatic carbocycles. The number of nitrogens with zero attached hydrogens (tertiary/aromatic N) is 4. The minimum atomic E-state index is 0.533. The maximum Gasteiger partial charge on any atom is 0.172 e. The molecule has 0 saturated carbocycles. The van der Waals surface area contributed by atoms with Crippen molar-refractivity contribution in [2.24, 2.45) is 5.92 Å². The van der Waals surface area contributed by atoms with E-state index in [0.29, 0.717) is 11.7 Å². The number of aromatic nitrogens is 2. The zero-order valence-electron chi connectivity index (χ0n) is 12.8. The predicted molar refractivity (Wildman–Crippen MR) is 87.4 cm³/mol. The van der Waals surface area contributed by atoms with Gasteiger partial charge in [0.1, 0.15) is 0 Å². The smallest absolute Gasteiger partial charge is 0.172 e. The molecule has 0 atom stereocenters. The molecular formula is C16H23N5. The minimum absolute atomic E-state index is 0.533. The molecule has 2 N–H and O–H groups in total. The maximum atomic E-state index is 6.10. The standard InChI is InChI=1S/C16H23N5/c1-12(2)11-20-7-9-21(10-8-20)16-15(17)18-13-5-3-4-6-14(13)19-16/h3-6,12H,7-11H2,1-2H3,(H2,17,18). The molecule has 1 aromatic heterocycles. The van der Waals surface area contributed by atoms with E-state index >= 15 is 0 Å². The van der Waals surface area contributed by atoms with E-state index in [0.717, 1.165) is 49.6 Å². The predicted octanol–water partition coefficient (Wildman–Crippen LogP) is 1.99. The molecule has 1 fully saturated rings. The molecule has 0 bridgehead atoms. The van der Waals surface area contributed by atoms with Gasteiger partial charge in [-0.05, 0) is 18.1 Å². The van der Waals surface area contributed by atoms with Crippen LogP contribution in [0.5, 0.6) is 0 Å². The van der Waals surface area contributed by atoms with Crippen molar-refractivity contribution in [1.82, 2.24) is 14.9 Å². The molecule has 1 aliphatic rings. The molecule has 21 heavy (non-hydrogen) atoms. The molecule has 0 radical (unpaired) electrons. The quantitative estimate of drug-likeness (QED) is 0.934. The first kappa shape index (κ1) is 14.1. The van der Waals surface area contributed by atoms with Crippen LogP contribution in [0.15, 0.2) is 24.3 Å². The number of para-hydroxylation sites is 2. The first-order valence-corrected chi connectivity index (χ1v) is 7.63. The van der Waals surface area contributed by atoms with Crippen molar-refractivity contribution in [2.75, 3.05) is 43.4 Å². The highest BCUT2D eigenvalue weighted by molar-refractivity contribution is 5.79. The molecule has 3 rings (SSSR count). The average Bonchev–Trinajstić information content (AvgIpc) is 2.47. The molecule has 2 heterocycles. The lowest BCUT2D eigenvalue weighted by molar-refractivity contribution is 0.231. The van der Waals surface area contributed by atoms with Crippen LogP contribution in [0.2, 0.25) is 0 Å². The number of nitrogens with two attached hydrogens (primary N) is 1. The van der Waals surface area contributed by atoms with Gasteiger partial charge < -0.3 is 10.6 Å². The summed E-state index contributed by atoms with van der Waals surface area (Å²) >= 11 is 0. The Balaban J connectivity index is 1.77. The normalized spacial score (nSPS) is 16.8. The van der Waals surface area contributed by atoms with Gasteiger partial charge in [0, 0.05) is 32.7 Å². The third kappa shape index (κ3) is 3.08. The topological polar surface area (TPSA) is 58.3 Å². The first-order valence-electron chi connectivity index (χ1n) is 7.63. The molecule has 1 aliphatic heterocycles. The summed E-state index contributed by atoms with van der Waals surface area (Å²) in [5, 5.41) is 0. The molecule has 1 aromatic carbocycles. The second-order valence-electron chi connectivity index (χ2n) is 6.10. The average molecular weight is 285 g/mol. The summed E-state index contributed by atoms with van der Waals surface area (Å²) in [6.07, 6.45) is 0. The summed E-state index contributed by atoms with van der Waals surface area (Å²) in [4.78, 5) is 13.9. The number of piperazine rings is 1. The number of nitrogen functional groups attached to an aromatic ring is 1. The van der Waals surface area contributed by atoms with Crippen molar-refractivity contribution < 1.29 is 0 Å². The van der Waals surface area contributed by atoms with Crippen molar-refractivity contribution in [1.29, 1.82) is 0 Å². The van der Waals surface area contributed by atoms with Crippen LogP contribution in [-0.2, 0) is 0 Å². The number of fused-ring (bicyclic) bond motifs is 1. The molecule has 0 spiro atoms. The highest BCUT2D eigenvalue weighted by Gasteiger charge is 2.21. The molecule has 0 amide bonds. The Kier molecular flexibility index (Phi) is 3.92. The summed E-state index contributed by atoms with van der Waals surface area (Å²) in [6, 6.07) is 7.88. The van der Waals surface area contributed by atoms with E-state index in [1.165, 1.54) is 0 Å². The van der Waals surface area contributed by atoms with Gasteiger partial charge in [-0.3, -0.25) is 4.90 Å². The maximum absolute atomic E-state index is 6.10. The third-order valence-corrected chi connectivity index (χ3v) is 3.87. The Morgan fingerprint density at radius 3 is 2.29 bits per heavy atom. The highest BCUT2D eigenvalue weighted by atomic mass is 15.3. The lowest BCUT2D eigenvalue weighted by Gasteiger charge is -2.36. The van der Waals surface area contributed by atoms with Crippen LogP contribution in [0.25, 0.3) is 11.0 Å². The second-order valence-corrected chi connectivity index (χ2v) is 6.10. The summed E-state index contributed by atoms with van der Waals surface area (Å²) in [5.74, 6) is 2.07. The van der Waals surface area contributed by atoms with E-state index in [9.17, 15) is 0 Å². The van der Waals surface area contributed by atoms with Gasteiger partial charge in [-0.2, -0.15) is 0 Å². The molecule has 1 saturated heterocycles. The van der Waals surface area contributed by atoms with Gasteiger partial charge in [-0.1, -0.05) is 26.0 Å². The summed E-state index contributed by atoms with van der Waals surface area (Å²) < 4.78 is 0. The van der Waals surface area contributed by atoms with Crippen molar-refractivity contribution in [3.8, 4) is 0 Å². The van der Waals surface area contributed by atoms with Crippen molar-refractivity contribution in [2.45, 2.75) is 13.8 Å². The molecule has 112 valence electrons. The summed E-state index contributed by atoms with van der Waals surface area (Å²) in [6.45, 7) is 9.73. The fraction of sp³-hybridized carbons (Fsp3) is 0.500. The molecule has 2 aromatic rings. The van der Waals surface area contributed by atoms with Gasteiger partial charge in [0.25, 0.3) is 0 Å². The summed E-state index contributed by atoms with van der Waals surface area (Å²) in [7, 11) is 0. The fourth-order valence-electron chi connectivity index (χ4n) is 2.90. The zero-order chi connectivity index (χ0) is 14.8. The highest BCUT2D eigenvalue weighted by Crippen LogP contribution is 2.23. The van der Waals surface area contributed by atoms with Gasteiger partial charge >= 0.3 is 0 Å². The van der Waals surface area contributed by atoms with Crippen LogP contribution in [0.1, 0.15) is 13.8 Å². The zero-order valence-corrected chi connectivity index (χ0v) is 12.8. The molecule has 0 unspecified atom stereocenters. The third-order valence-electron chi connectivity index (χ3n) is 3.87. The van der Waals surface area contributed by atoms with Crippen molar-refractivity contribution >= 4 is 22.7 Å². The largest absolute Gasteiger partial charge is 0.381 e. The number of benzene rings is 1. The van der Waals surface area contributed by atoms with Gasteiger partial charge in [0.2, 0.25) is 0 Å². The summed E-state index contributed by atoms with van der Waals surface area (Å²) in [5.41, 5.74) is 7.87. The Labute approximate surface area is 125 Å². The van der Waals surface area contributed by atoms with Gasteiger partial charge in [0.15, 0.2) is 11.6 Å². The lowest BCUT2D eigenvalue weighted by Crippen LogP contribution is -2.48. The number of hydrogen-bond donors (Lipinski definition) is 1. The Hall–Kier alpha value is -1.88. The van der Waals surface area contributed by atoms with E-state index in [-0.39, 0.29) is 0 Å². The van der Waals surface area contributed by atoms with E-state index in [1.54, 1.807) is 0 Å². The van der Waals surface area contributed by atoms with Crippen LogP contribution in [-0.4, -0.2) is 47.6 Å². The van der Waals surface area contributed by atoms with E-state index in [2.05, 4.69) is 28.6 Å². The first-order chi connectivity index (χ1) is 10.1. The minimum Gasteiger partial charge on any atom is -0.381 e. The van der Waals surface area contributed by atoms with Crippen LogP contribution in [0, 0.1) is 5.92 Å². The fourth-order valence-corrected chi connectivity index (χ4v) is 2.90. The molecule has 5 nitrogen and oxygen atoms in total. The van der Waals surface area contributed by atoms with Crippen LogP contribution >= 0.6 is 0 Å². The Morgan fingerprint density at radius 1 is 1.05 bits per heavy atom. The van der Waals surface area contributed by atoms with Crippen LogP contribution < -0.4 is 10.6 Å². The Bertz CT molecular complexity index is 617.